The smallest absolute Gasteiger partial charge is 0.248 e. The summed E-state index contributed by atoms with van der Waals surface area (Å²) in [6.45, 7) is 9.37. The molecule has 2 amide bonds. The summed E-state index contributed by atoms with van der Waals surface area (Å²) in [5, 5.41) is 0. The SMILES string of the molecule is CC(C)[N+](CCc1cc(C(N)=O)ccc1C(N)=O)(c1ccccc1N)C(C)C. The second kappa shape index (κ2) is 8.44. The number of anilines is 1. The molecule has 2 aromatic carbocycles. The predicted octanol–water partition coefficient (Wildman–Crippen LogP) is 2.83. The number of nitrogen functional groups attached to an aromatic ring is 1. The Morgan fingerprint density at radius 3 is 2.04 bits per heavy atom. The zero-order chi connectivity index (χ0) is 21.1. The molecule has 6 nitrogen and oxygen atoms in total. The lowest BCUT2D eigenvalue weighted by molar-refractivity contribution is 0.0987. The van der Waals surface area contributed by atoms with Crippen molar-refractivity contribution in [3.8, 4) is 0 Å². The Hall–Kier alpha value is -2.86. The van der Waals surface area contributed by atoms with Crippen molar-refractivity contribution in [1.29, 1.82) is 0 Å². The number of amides is 2. The highest BCUT2D eigenvalue weighted by atomic mass is 16.1. The van der Waals surface area contributed by atoms with Gasteiger partial charge in [0.2, 0.25) is 11.8 Å². The van der Waals surface area contributed by atoms with Crippen LogP contribution in [0.1, 0.15) is 54.0 Å². The van der Waals surface area contributed by atoms with Crippen LogP contribution in [0.4, 0.5) is 11.4 Å². The van der Waals surface area contributed by atoms with Gasteiger partial charge in [-0.25, -0.2) is 0 Å². The van der Waals surface area contributed by atoms with E-state index in [-0.39, 0.29) is 12.1 Å². The van der Waals surface area contributed by atoms with Crippen molar-refractivity contribution in [2.45, 2.75) is 46.2 Å². The van der Waals surface area contributed by atoms with Crippen molar-refractivity contribution in [1.82, 2.24) is 4.48 Å². The van der Waals surface area contributed by atoms with Gasteiger partial charge in [-0.05, 0) is 57.5 Å². The fraction of sp³-hybridized carbons (Fsp3) is 0.364. The van der Waals surface area contributed by atoms with E-state index < -0.39 is 11.8 Å². The molecule has 2 rings (SSSR count). The summed E-state index contributed by atoms with van der Waals surface area (Å²) in [5.41, 5.74) is 20.6. The van der Waals surface area contributed by atoms with E-state index in [2.05, 4.69) is 33.8 Å². The zero-order valence-corrected chi connectivity index (χ0v) is 17.1. The number of benzene rings is 2. The van der Waals surface area contributed by atoms with Gasteiger partial charge in [0, 0.05) is 23.6 Å². The molecule has 6 heteroatoms. The minimum atomic E-state index is -0.530. The van der Waals surface area contributed by atoms with Crippen LogP contribution in [0.3, 0.4) is 0 Å². The van der Waals surface area contributed by atoms with E-state index in [1.807, 2.05) is 18.2 Å². The van der Waals surface area contributed by atoms with Gasteiger partial charge in [0.15, 0.2) is 5.69 Å². The van der Waals surface area contributed by atoms with Crippen molar-refractivity contribution in [3.05, 3.63) is 59.2 Å². The summed E-state index contributed by atoms with van der Waals surface area (Å²) in [5.74, 6) is -1.05. The Balaban J connectivity index is 2.53. The lowest BCUT2D eigenvalue weighted by Gasteiger charge is -2.46. The highest BCUT2D eigenvalue weighted by molar-refractivity contribution is 5.97. The number of nitrogens with zero attached hydrogens (tertiary/aromatic N) is 1. The monoisotopic (exact) mass is 383 g/mol. The van der Waals surface area contributed by atoms with Crippen molar-refractivity contribution in [2.24, 2.45) is 11.5 Å². The molecular formula is C22H31N4O2+. The summed E-state index contributed by atoms with van der Waals surface area (Å²) in [4.78, 5) is 23.5. The Bertz CT molecular complexity index is 867. The van der Waals surface area contributed by atoms with E-state index in [9.17, 15) is 9.59 Å². The van der Waals surface area contributed by atoms with Crippen molar-refractivity contribution in [2.75, 3.05) is 12.3 Å². The fourth-order valence-electron chi connectivity index (χ4n) is 4.16. The van der Waals surface area contributed by atoms with E-state index in [1.165, 1.54) is 6.07 Å². The molecule has 0 spiro atoms. The maximum Gasteiger partial charge on any atom is 0.248 e. The third kappa shape index (κ3) is 4.02. The Morgan fingerprint density at radius 2 is 1.54 bits per heavy atom. The van der Waals surface area contributed by atoms with Crippen LogP contribution < -0.4 is 21.7 Å². The molecule has 0 heterocycles. The molecular weight excluding hydrogens is 352 g/mol. The van der Waals surface area contributed by atoms with Crippen molar-refractivity contribution < 1.29 is 9.59 Å². The number of nitrogens with two attached hydrogens (primary N) is 3. The third-order valence-electron chi connectivity index (χ3n) is 5.63. The van der Waals surface area contributed by atoms with Gasteiger partial charge in [0.25, 0.3) is 0 Å². The number of carbonyl (C=O) groups excluding carboxylic acids is 2. The van der Waals surface area contributed by atoms with E-state index in [0.29, 0.717) is 28.6 Å². The fourth-order valence-corrected chi connectivity index (χ4v) is 4.16. The molecule has 0 atom stereocenters. The topological polar surface area (TPSA) is 112 Å². The number of carbonyl (C=O) groups is 2. The molecule has 0 aliphatic heterocycles. The van der Waals surface area contributed by atoms with Crippen LogP contribution in [0, 0.1) is 0 Å². The summed E-state index contributed by atoms with van der Waals surface area (Å²) in [6.07, 6.45) is 0.560. The lowest BCUT2D eigenvalue weighted by atomic mass is 9.97. The number of hydrogen-bond donors (Lipinski definition) is 3. The molecule has 6 N–H and O–H groups in total. The normalized spacial score (nSPS) is 11.8. The highest BCUT2D eigenvalue weighted by Crippen LogP contribution is 2.35. The average Bonchev–Trinajstić information content (AvgIpc) is 2.62. The van der Waals surface area contributed by atoms with Crippen molar-refractivity contribution >= 4 is 23.2 Å². The second-order valence-corrected chi connectivity index (χ2v) is 7.75. The summed E-state index contributed by atoms with van der Waals surface area (Å²) in [7, 11) is 0. The van der Waals surface area contributed by atoms with Crippen molar-refractivity contribution in [3.63, 3.8) is 0 Å². The van der Waals surface area contributed by atoms with Crippen LogP contribution in [-0.2, 0) is 6.42 Å². The minimum Gasteiger partial charge on any atom is -0.394 e. The Kier molecular flexibility index (Phi) is 6.46. The quantitative estimate of drug-likeness (QED) is 0.481. The van der Waals surface area contributed by atoms with Gasteiger partial charge in [-0.1, -0.05) is 12.1 Å². The molecule has 0 bridgehead atoms. The van der Waals surface area contributed by atoms with Crippen LogP contribution >= 0.6 is 0 Å². The number of para-hydroxylation sites is 2. The summed E-state index contributed by atoms with van der Waals surface area (Å²) < 4.78 is 0.645. The maximum atomic E-state index is 11.9. The molecule has 0 aliphatic rings. The summed E-state index contributed by atoms with van der Waals surface area (Å²) >= 11 is 0. The van der Waals surface area contributed by atoms with Crippen LogP contribution in [-0.4, -0.2) is 30.4 Å². The minimum absolute atomic E-state index is 0.251. The predicted molar refractivity (Wildman–Crippen MR) is 115 cm³/mol. The van der Waals surface area contributed by atoms with Gasteiger partial charge in [-0.15, -0.1) is 0 Å². The molecule has 0 radical (unpaired) electrons. The number of rotatable bonds is 8. The van der Waals surface area contributed by atoms with E-state index in [0.717, 1.165) is 16.9 Å². The van der Waals surface area contributed by atoms with Gasteiger partial charge in [0.05, 0.1) is 24.3 Å². The molecule has 0 fully saturated rings. The van der Waals surface area contributed by atoms with Crippen LogP contribution in [0.2, 0.25) is 0 Å². The summed E-state index contributed by atoms with van der Waals surface area (Å²) in [6, 6.07) is 13.2. The first-order valence-electron chi connectivity index (χ1n) is 9.56. The molecule has 0 saturated carbocycles. The van der Waals surface area contributed by atoms with E-state index >= 15 is 0 Å². The molecule has 28 heavy (non-hydrogen) atoms. The molecule has 2 aromatic rings. The van der Waals surface area contributed by atoms with Crippen LogP contribution in [0.5, 0.6) is 0 Å². The molecule has 0 unspecified atom stereocenters. The van der Waals surface area contributed by atoms with Gasteiger partial charge >= 0.3 is 0 Å². The number of quaternary nitrogens is 1. The molecule has 150 valence electrons. The first-order chi connectivity index (χ1) is 13.1. The second-order valence-electron chi connectivity index (χ2n) is 7.75. The van der Waals surface area contributed by atoms with Gasteiger partial charge < -0.3 is 17.2 Å². The van der Waals surface area contributed by atoms with E-state index in [4.69, 9.17) is 17.2 Å². The first-order valence-corrected chi connectivity index (χ1v) is 9.56. The van der Waals surface area contributed by atoms with Gasteiger partial charge in [-0.2, -0.15) is 0 Å². The lowest BCUT2D eigenvalue weighted by Crippen LogP contribution is -2.60. The maximum absolute atomic E-state index is 11.9. The average molecular weight is 384 g/mol. The van der Waals surface area contributed by atoms with E-state index in [1.54, 1.807) is 12.1 Å². The standard InChI is InChI=1S/C22H30N4O2/c1-14(2)26(15(3)4,20-8-6-5-7-19(20)23)12-11-16-13-17(21(24)27)9-10-18(16)22(25)28/h5-10,13-15H,11-12,23H2,1-4H3,(H3-,24,25,27,28)/p+1. The number of primary amides is 2. The van der Waals surface area contributed by atoms with Crippen LogP contribution in [0.15, 0.2) is 42.5 Å². The van der Waals surface area contributed by atoms with Crippen LogP contribution in [0.25, 0.3) is 0 Å². The Labute approximate surface area is 166 Å². The van der Waals surface area contributed by atoms with Gasteiger partial charge in [-0.3, -0.25) is 14.1 Å². The largest absolute Gasteiger partial charge is 0.394 e. The third-order valence-corrected chi connectivity index (χ3v) is 5.63. The molecule has 0 aromatic heterocycles. The molecule has 0 aliphatic carbocycles. The highest BCUT2D eigenvalue weighted by Gasteiger charge is 2.38. The molecule has 0 saturated heterocycles. The Morgan fingerprint density at radius 1 is 0.929 bits per heavy atom. The van der Waals surface area contributed by atoms with Gasteiger partial charge in [0.1, 0.15) is 0 Å². The number of hydrogen-bond acceptors (Lipinski definition) is 3. The first kappa shape index (κ1) is 21.4. The zero-order valence-electron chi connectivity index (χ0n) is 17.1.